The van der Waals surface area contributed by atoms with Crippen molar-refractivity contribution < 1.29 is 19.1 Å². The molecule has 1 aromatic heterocycles. The molecule has 1 N–H and O–H groups in total. The van der Waals surface area contributed by atoms with Gasteiger partial charge in [-0.1, -0.05) is 17.8 Å². The van der Waals surface area contributed by atoms with Gasteiger partial charge in [0.2, 0.25) is 11.8 Å². The summed E-state index contributed by atoms with van der Waals surface area (Å²) >= 11 is 1.30. The molecule has 7 nitrogen and oxygen atoms in total. The van der Waals surface area contributed by atoms with Crippen LogP contribution in [0, 0.1) is 0 Å². The zero-order chi connectivity index (χ0) is 19.1. The van der Waals surface area contributed by atoms with Gasteiger partial charge in [-0.05, 0) is 29.8 Å². The van der Waals surface area contributed by atoms with Crippen molar-refractivity contribution in [3.8, 4) is 17.4 Å². The summed E-state index contributed by atoms with van der Waals surface area (Å²) in [7, 11) is 1.61. The van der Waals surface area contributed by atoms with E-state index in [1.807, 2.05) is 18.2 Å². The molecule has 0 spiro atoms. The number of aromatic nitrogens is 1. The first kappa shape index (κ1) is 19.0. The van der Waals surface area contributed by atoms with Crippen LogP contribution in [0.4, 0.5) is 4.79 Å². The molecule has 142 valence electrons. The van der Waals surface area contributed by atoms with E-state index in [1.54, 1.807) is 36.4 Å². The van der Waals surface area contributed by atoms with Gasteiger partial charge in [-0.15, -0.1) is 0 Å². The molecule has 2 amide bonds. The number of ether oxygens (including phenoxy) is 2. The molecule has 0 unspecified atom stereocenters. The van der Waals surface area contributed by atoms with E-state index in [2.05, 4.69) is 10.3 Å². The van der Waals surface area contributed by atoms with Crippen LogP contribution in [-0.4, -0.2) is 47.0 Å². The molecular weight excluding hydrogens is 366 g/mol. The van der Waals surface area contributed by atoms with Gasteiger partial charge < -0.3 is 19.7 Å². The Morgan fingerprint density at radius 2 is 2.00 bits per heavy atom. The minimum atomic E-state index is -0.0849. The minimum absolute atomic E-state index is 0.0550. The van der Waals surface area contributed by atoms with Crippen LogP contribution >= 0.6 is 11.8 Å². The third-order valence-corrected chi connectivity index (χ3v) is 4.91. The van der Waals surface area contributed by atoms with Gasteiger partial charge in [0.1, 0.15) is 11.5 Å². The number of nitrogens with zero attached hydrogens (tertiary/aromatic N) is 2. The smallest absolute Gasteiger partial charge is 0.281 e. The summed E-state index contributed by atoms with van der Waals surface area (Å²) in [6.07, 6.45) is 1.97. The lowest BCUT2D eigenvalue weighted by atomic mass is 10.2. The second-order valence-electron chi connectivity index (χ2n) is 5.91. The van der Waals surface area contributed by atoms with E-state index in [9.17, 15) is 9.59 Å². The van der Waals surface area contributed by atoms with Crippen LogP contribution in [-0.2, 0) is 11.3 Å². The maximum Gasteiger partial charge on any atom is 0.281 e. The highest BCUT2D eigenvalue weighted by molar-refractivity contribution is 8.13. The van der Waals surface area contributed by atoms with Gasteiger partial charge >= 0.3 is 0 Å². The molecule has 1 saturated heterocycles. The summed E-state index contributed by atoms with van der Waals surface area (Å²) in [5.74, 6) is 2.61. The molecule has 0 radical (unpaired) electrons. The first-order chi connectivity index (χ1) is 13.1. The first-order valence-corrected chi connectivity index (χ1v) is 9.58. The quantitative estimate of drug-likeness (QED) is 0.750. The lowest BCUT2D eigenvalue weighted by Crippen LogP contribution is -2.30. The van der Waals surface area contributed by atoms with Gasteiger partial charge in [0, 0.05) is 44.1 Å². The van der Waals surface area contributed by atoms with Crippen LogP contribution in [0.25, 0.3) is 0 Å². The molecule has 0 bridgehead atoms. The molecule has 1 aromatic carbocycles. The Bertz CT molecular complexity index is 781. The van der Waals surface area contributed by atoms with Gasteiger partial charge in [-0.3, -0.25) is 9.59 Å². The Labute approximate surface area is 162 Å². The SMILES string of the molecule is COc1ccc(Oc2ccc(CNC(=O)CCN3CCSC3=O)cn2)cc1. The van der Waals surface area contributed by atoms with Gasteiger partial charge in [0.25, 0.3) is 5.24 Å². The predicted octanol–water partition coefficient (Wildman–Crippen LogP) is 3.06. The van der Waals surface area contributed by atoms with Crippen molar-refractivity contribution in [3.05, 3.63) is 48.2 Å². The molecule has 2 heterocycles. The number of pyridine rings is 1. The summed E-state index contributed by atoms with van der Waals surface area (Å²) in [6, 6.07) is 10.8. The number of rotatable bonds is 8. The Hall–Kier alpha value is -2.74. The topological polar surface area (TPSA) is 80.8 Å². The van der Waals surface area contributed by atoms with Crippen molar-refractivity contribution in [3.63, 3.8) is 0 Å². The van der Waals surface area contributed by atoms with E-state index in [0.29, 0.717) is 31.1 Å². The average Bonchev–Trinajstić information content (AvgIpc) is 3.11. The van der Waals surface area contributed by atoms with Crippen LogP contribution in [0.2, 0.25) is 0 Å². The summed E-state index contributed by atoms with van der Waals surface area (Å²) in [5, 5.41) is 2.90. The number of hydrogen-bond donors (Lipinski definition) is 1. The van der Waals surface area contributed by atoms with Crippen molar-refractivity contribution in [1.29, 1.82) is 0 Å². The third kappa shape index (κ3) is 5.62. The molecule has 1 aliphatic heterocycles. The summed E-state index contributed by atoms with van der Waals surface area (Å²) in [6.45, 7) is 1.57. The van der Waals surface area contributed by atoms with Crippen molar-refractivity contribution in [1.82, 2.24) is 15.2 Å². The fraction of sp³-hybridized carbons (Fsp3) is 0.316. The summed E-state index contributed by atoms with van der Waals surface area (Å²) in [4.78, 5) is 29.4. The normalized spacial score (nSPS) is 13.5. The number of carbonyl (C=O) groups excluding carboxylic acids is 2. The van der Waals surface area contributed by atoms with Gasteiger partial charge in [-0.2, -0.15) is 0 Å². The van der Waals surface area contributed by atoms with Crippen molar-refractivity contribution in [2.45, 2.75) is 13.0 Å². The van der Waals surface area contributed by atoms with E-state index in [-0.39, 0.29) is 11.1 Å². The monoisotopic (exact) mass is 387 g/mol. The molecule has 8 heteroatoms. The van der Waals surface area contributed by atoms with Crippen LogP contribution in [0.1, 0.15) is 12.0 Å². The highest BCUT2D eigenvalue weighted by Crippen LogP contribution is 2.22. The fourth-order valence-corrected chi connectivity index (χ4v) is 3.35. The van der Waals surface area contributed by atoms with Crippen LogP contribution in [0.3, 0.4) is 0 Å². The van der Waals surface area contributed by atoms with E-state index in [1.165, 1.54) is 11.8 Å². The Kier molecular flexibility index (Phi) is 6.54. The summed E-state index contributed by atoms with van der Waals surface area (Å²) < 4.78 is 10.8. The molecule has 27 heavy (non-hydrogen) atoms. The number of methoxy groups -OCH3 is 1. The summed E-state index contributed by atoms with van der Waals surface area (Å²) in [5.41, 5.74) is 0.873. The minimum Gasteiger partial charge on any atom is -0.497 e. The Morgan fingerprint density at radius 1 is 1.22 bits per heavy atom. The van der Waals surface area contributed by atoms with Crippen molar-refractivity contribution in [2.24, 2.45) is 0 Å². The predicted molar refractivity (Wildman–Crippen MR) is 103 cm³/mol. The average molecular weight is 387 g/mol. The largest absolute Gasteiger partial charge is 0.497 e. The number of carbonyl (C=O) groups is 2. The highest BCUT2D eigenvalue weighted by Gasteiger charge is 2.21. The molecule has 0 aliphatic carbocycles. The number of hydrogen-bond acceptors (Lipinski definition) is 6. The Morgan fingerprint density at radius 3 is 2.63 bits per heavy atom. The van der Waals surface area contributed by atoms with E-state index in [0.717, 1.165) is 23.6 Å². The van der Waals surface area contributed by atoms with Gasteiger partial charge in [0.05, 0.1) is 7.11 Å². The molecule has 3 rings (SSSR count). The number of thioether (sulfide) groups is 1. The number of nitrogens with one attached hydrogen (secondary N) is 1. The van der Waals surface area contributed by atoms with E-state index in [4.69, 9.17) is 9.47 Å². The van der Waals surface area contributed by atoms with E-state index >= 15 is 0 Å². The van der Waals surface area contributed by atoms with Crippen LogP contribution < -0.4 is 14.8 Å². The maximum absolute atomic E-state index is 11.9. The highest BCUT2D eigenvalue weighted by atomic mass is 32.2. The second kappa shape index (κ2) is 9.27. The molecule has 0 atom stereocenters. The lowest BCUT2D eigenvalue weighted by molar-refractivity contribution is -0.121. The molecule has 1 fully saturated rings. The van der Waals surface area contributed by atoms with E-state index < -0.39 is 0 Å². The standard InChI is InChI=1S/C19H21N3O4S/c1-25-15-3-5-16(6-4-15)26-18-7-2-14(13-21-18)12-20-17(23)8-9-22-10-11-27-19(22)24/h2-7,13H,8-12H2,1H3,(H,20,23). The lowest BCUT2D eigenvalue weighted by Gasteiger charge is -2.14. The van der Waals surface area contributed by atoms with Crippen LogP contribution in [0.15, 0.2) is 42.6 Å². The first-order valence-electron chi connectivity index (χ1n) is 8.59. The molecule has 2 aromatic rings. The number of benzene rings is 1. The number of amides is 2. The molecule has 1 aliphatic rings. The van der Waals surface area contributed by atoms with Gasteiger partial charge in [0.15, 0.2) is 0 Å². The molecule has 0 saturated carbocycles. The molecular formula is C19H21N3O4S. The third-order valence-electron chi connectivity index (χ3n) is 4.02. The van der Waals surface area contributed by atoms with Crippen molar-refractivity contribution >= 4 is 22.9 Å². The fourth-order valence-electron chi connectivity index (χ4n) is 2.49. The second-order valence-corrected chi connectivity index (χ2v) is 6.96. The zero-order valence-electron chi connectivity index (χ0n) is 15.0. The van der Waals surface area contributed by atoms with Crippen molar-refractivity contribution in [2.75, 3.05) is 26.0 Å². The zero-order valence-corrected chi connectivity index (χ0v) is 15.8. The van der Waals surface area contributed by atoms with Gasteiger partial charge in [-0.25, -0.2) is 4.98 Å². The van der Waals surface area contributed by atoms with Crippen LogP contribution in [0.5, 0.6) is 17.4 Å². The Balaban J connectivity index is 1.43. The maximum atomic E-state index is 11.9.